The van der Waals surface area contributed by atoms with Crippen molar-refractivity contribution in [2.24, 2.45) is 11.8 Å². The van der Waals surface area contributed by atoms with E-state index in [-0.39, 0.29) is 0 Å². The van der Waals surface area contributed by atoms with Gasteiger partial charge in [0.15, 0.2) is 0 Å². The minimum Gasteiger partial charge on any atom is -0.348 e. The van der Waals surface area contributed by atoms with Crippen molar-refractivity contribution in [1.82, 2.24) is 19.8 Å². The highest BCUT2D eigenvalue weighted by Crippen LogP contribution is 2.40. The lowest BCUT2D eigenvalue weighted by atomic mass is 9.89. The summed E-state index contributed by atoms with van der Waals surface area (Å²) in [5.74, 6) is 1.74. The first-order valence-corrected chi connectivity index (χ1v) is 10.4. The maximum absolute atomic E-state index is 6.08. The Morgan fingerprint density at radius 3 is 2.92 bits per heavy atom. The highest BCUT2D eigenvalue weighted by Gasteiger charge is 2.39. The Labute approximate surface area is 159 Å². The van der Waals surface area contributed by atoms with Crippen LogP contribution in [0.2, 0.25) is 4.34 Å². The number of hydrogen-bond donors (Lipinski definition) is 1. The van der Waals surface area contributed by atoms with Gasteiger partial charge in [0.05, 0.1) is 16.4 Å². The summed E-state index contributed by atoms with van der Waals surface area (Å²) in [6.45, 7) is 6.60. The van der Waals surface area contributed by atoms with Gasteiger partial charge in [-0.05, 0) is 63.7 Å². The molecule has 4 rings (SSSR count). The predicted octanol–water partition coefficient (Wildman–Crippen LogP) is 4.17. The molecule has 136 valence electrons. The van der Waals surface area contributed by atoms with E-state index in [0.29, 0.717) is 6.04 Å². The molecule has 1 saturated heterocycles. The fraction of sp³-hybridized carbons (Fsp3) is 0.632. The Morgan fingerprint density at radius 2 is 2.20 bits per heavy atom. The number of nitrogens with one attached hydrogen (secondary N) is 1. The molecule has 0 unspecified atom stereocenters. The molecule has 1 N–H and O–H groups in total. The van der Waals surface area contributed by atoms with Crippen LogP contribution in [0.25, 0.3) is 0 Å². The minimum absolute atomic E-state index is 0.697. The largest absolute Gasteiger partial charge is 0.348 e. The Balaban J connectivity index is 1.32. The summed E-state index contributed by atoms with van der Waals surface area (Å²) in [7, 11) is 2.27. The average molecular weight is 379 g/mol. The molecule has 0 amide bonds. The molecule has 2 fully saturated rings. The number of likely N-dealkylation sites (tertiary alicyclic amines) is 1. The minimum atomic E-state index is 0.697. The van der Waals surface area contributed by atoms with Crippen LogP contribution >= 0.6 is 22.9 Å². The lowest BCUT2D eigenvalue weighted by molar-refractivity contribution is 0.133. The number of nitrogens with zero attached hydrogens (tertiary/aromatic N) is 3. The molecule has 1 saturated carbocycles. The van der Waals surface area contributed by atoms with E-state index in [1.165, 1.54) is 48.6 Å². The molecule has 6 heteroatoms. The van der Waals surface area contributed by atoms with Gasteiger partial charge in [0.1, 0.15) is 0 Å². The third kappa shape index (κ3) is 3.95. The molecule has 0 bridgehead atoms. The third-order valence-corrected chi connectivity index (χ3v) is 7.31. The second-order valence-corrected chi connectivity index (χ2v) is 9.56. The lowest BCUT2D eigenvalue weighted by Crippen LogP contribution is -2.37. The maximum Gasteiger partial charge on any atom is 0.0931 e. The summed E-state index contributed by atoms with van der Waals surface area (Å²) >= 11 is 7.80. The summed E-state index contributed by atoms with van der Waals surface area (Å²) < 4.78 is 0.904. The Hall–Kier alpha value is -0.880. The highest BCUT2D eigenvalue weighted by atomic mass is 35.5. The monoisotopic (exact) mass is 378 g/mol. The van der Waals surface area contributed by atoms with Gasteiger partial charge < -0.3 is 4.98 Å². The number of imidazole rings is 1. The van der Waals surface area contributed by atoms with Gasteiger partial charge in [-0.1, -0.05) is 11.6 Å². The molecule has 2 aliphatic rings. The van der Waals surface area contributed by atoms with Crippen molar-refractivity contribution in [3.05, 3.63) is 39.1 Å². The highest BCUT2D eigenvalue weighted by molar-refractivity contribution is 7.16. The van der Waals surface area contributed by atoms with E-state index in [1.54, 1.807) is 11.3 Å². The molecular formula is C19H27ClN4S. The van der Waals surface area contributed by atoms with Gasteiger partial charge in [0.2, 0.25) is 0 Å². The Morgan fingerprint density at radius 1 is 1.36 bits per heavy atom. The standard InChI is InChI=1S/C19H27ClN4S/c1-13-18(22-12-21-13)11-23(2)16-7-14-5-6-24(9-15(14)8-16)10-17-3-4-19(20)25-17/h3-4,12,14-16H,5-11H2,1-2H3,(H,21,22)/t14-,15-,16+/m1/s1. The topological polar surface area (TPSA) is 35.2 Å². The molecule has 2 aromatic heterocycles. The van der Waals surface area contributed by atoms with Crippen LogP contribution in [-0.4, -0.2) is 45.9 Å². The van der Waals surface area contributed by atoms with Crippen molar-refractivity contribution in [3.63, 3.8) is 0 Å². The third-order valence-electron chi connectivity index (χ3n) is 6.09. The number of rotatable bonds is 5. The van der Waals surface area contributed by atoms with E-state index < -0.39 is 0 Å². The number of aryl methyl sites for hydroxylation is 1. The molecule has 0 spiro atoms. The van der Waals surface area contributed by atoms with Crippen LogP contribution in [0, 0.1) is 18.8 Å². The zero-order valence-corrected chi connectivity index (χ0v) is 16.6. The molecule has 1 aliphatic heterocycles. The summed E-state index contributed by atoms with van der Waals surface area (Å²) in [6.07, 6.45) is 5.83. The van der Waals surface area contributed by atoms with Gasteiger partial charge in [-0.15, -0.1) is 11.3 Å². The van der Waals surface area contributed by atoms with Crippen molar-refractivity contribution >= 4 is 22.9 Å². The van der Waals surface area contributed by atoms with Crippen molar-refractivity contribution in [2.45, 2.75) is 45.3 Å². The quantitative estimate of drug-likeness (QED) is 0.848. The average Bonchev–Trinajstić information content (AvgIpc) is 3.28. The van der Waals surface area contributed by atoms with E-state index in [4.69, 9.17) is 11.6 Å². The van der Waals surface area contributed by atoms with Gasteiger partial charge in [0.25, 0.3) is 0 Å². The lowest BCUT2D eigenvalue weighted by Gasteiger charge is -2.34. The fourth-order valence-corrected chi connectivity index (χ4v) is 5.73. The number of piperidine rings is 1. The Bertz CT molecular complexity index is 712. The van der Waals surface area contributed by atoms with E-state index in [9.17, 15) is 0 Å². The van der Waals surface area contributed by atoms with Crippen molar-refractivity contribution in [1.29, 1.82) is 0 Å². The van der Waals surface area contributed by atoms with E-state index >= 15 is 0 Å². The molecule has 3 atom stereocenters. The summed E-state index contributed by atoms with van der Waals surface area (Å²) in [6, 6.07) is 4.89. The molecular weight excluding hydrogens is 352 g/mol. The smallest absolute Gasteiger partial charge is 0.0931 e. The van der Waals surface area contributed by atoms with Crippen LogP contribution in [-0.2, 0) is 13.1 Å². The van der Waals surface area contributed by atoms with Crippen LogP contribution in [0.3, 0.4) is 0 Å². The zero-order valence-electron chi connectivity index (χ0n) is 15.0. The molecule has 3 heterocycles. The second-order valence-electron chi connectivity index (χ2n) is 7.76. The van der Waals surface area contributed by atoms with E-state index in [1.807, 2.05) is 12.4 Å². The summed E-state index contributed by atoms with van der Waals surface area (Å²) in [5.41, 5.74) is 2.39. The number of thiophene rings is 1. The first-order valence-electron chi connectivity index (χ1n) is 9.24. The molecule has 0 aromatic carbocycles. The van der Waals surface area contributed by atoms with Crippen molar-refractivity contribution in [3.8, 4) is 0 Å². The summed E-state index contributed by atoms with van der Waals surface area (Å²) in [5, 5.41) is 0. The first-order chi connectivity index (χ1) is 12.1. The van der Waals surface area contributed by atoms with Crippen LogP contribution in [0.5, 0.6) is 0 Å². The van der Waals surface area contributed by atoms with Crippen LogP contribution in [0.4, 0.5) is 0 Å². The maximum atomic E-state index is 6.08. The predicted molar refractivity (Wildman–Crippen MR) is 104 cm³/mol. The molecule has 4 nitrogen and oxygen atoms in total. The van der Waals surface area contributed by atoms with Crippen LogP contribution in [0.1, 0.15) is 35.5 Å². The SMILES string of the molecule is Cc1[nH]cnc1CN(C)[C@H]1C[C@H]2CCN(Cc3ccc(Cl)s3)C[C@H]2C1. The van der Waals surface area contributed by atoms with E-state index in [2.05, 4.69) is 39.8 Å². The van der Waals surface area contributed by atoms with Crippen LogP contribution < -0.4 is 0 Å². The number of hydrogen-bond acceptors (Lipinski definition) is 4. The van der Waals surface area contributed by atoms with Gasteiger partial charge in [0, 0.05) is 36.2 Å². The fourth-order valence-electron chi connectivity index (χ4n) is 4.60. The van der Waals surface area contributed by atoms with Crippen LogP contribution in [0.15, 0.2) is 18.5 Å². The number of H-pyrrole nitrogens is 1. The molecule has 0 radical (unpaired) electrons. The van der Waals surface area contributed by atoms with Gasteiger partial charge in [-0.3, -0.25) is 9.80 Å². The first kappa shape index (κ1) is 17.5. The van der Waals surface area contributed by atoms with Crippen molar-refractivity contribution < 1.29 is 0 Å². The number of fused-ring (bicyclic) bond motifs is 1. The number of halogens is 1. The number of aromatic nitrogens is 2. The van der Waals surface area contributed by atoms with E-state index in [0.717, 1.165) is 29.3 Å². The van der Waals surface area contributed by atoms with Gasteiger partial charge >= 0.3 is 0 Å². The van der Waals surface area contributed by atoms with Crippen molar-refractivity contribution in [2.75, 3.05) is 20.1 Å². The molecule has 1 aliphatic carbocycles. The second kappa shape index (κ2) is 7.39. The Kier molecular flexibility index (Phi) is 5.18. The zero-order chi connectivity index (χ0) is 17.4. The molecule has 25 heavy (non-hydrogen) atoms. The van der Waals surface area contributed by atoms with Gasteiger partial charge in [-0.25, -0.2) is 4.98 Å². The van der Waals surface area contributed by atoms with Gasteiger partial charge in [-0.2, -0.15) is 0 Å². The molecule has 2 aromatic rings. The normalized spacial score (nSPS) is 27.1. The summed E-state index contributed by atoms with van der Waals surface area (Å²) in [4.78, 5) is 14.2. The number of aromatic amines is 1.